The van der Waals surface area contributed by atoms with Gasteiger partial charge in [0.15, 0.2) is 12.4 Å². The number of carbonyl (C=O) groups is 3. The van der Waals surface area contributed by atoms with Gasteiger partial charge in [0.05, 0.1) is 23.1 Å². The summed E-state index contributed by atoms with van der Waals surface area (Å²) in [4.78, 5) is 37.3. The summed E-state index contributed by atoms with van der Waals surface area (Å²) in [5.41, 5.74) is 0.557. The van der Waals surface area contributed by atoms with Crippen LogP contribution in [-0.2, 0) is 16.1 Å². The predicted octanol–water partition coefficient (Wildman–Crippen LogP) is 3.48. The van der Waals surface area contributed by atoms with Gasteiger partial charge in [0, 0.05) is 0 Å². The van der Waals surface area contributed by atoms with Crippen LogP contribution in [0.4, 0.5) is 4.79 Å². The summed E-state index contributed by atoms with van der Waals surface area (Å²) in [5, 5.41) is 11.3. The van der Waals surface area contributed by atoms with Crippen molar-refractivity contribution < 1.29 is 28.3 Å². The molecule has 2 heterocycles. The van der Waals surface area contributed by atoms with Gasteiger partial charge in [-0.1, -0.05) is 11.6 Å². The summed E-state index contributed by atoms with van der Waals surface area (Å²) in [6, 6.07) is 7.24. The maximum atomic E-state index is 12.6. The van der Waals surface area contributed by atoms with Gasteiger partial charge in [-0.25, -0.2) is 9.59 Å². The van der Waals surface area contributed by atoms with Crippen LogP contribution in [0.15, 0.2) is 38.9 Å². The number of hydrogen-bond acceptors (Lipinski definition) is 7. The van der Waals surface area contributed by atoms with Crippen molar-refractivity contribution in [1.82, 2.24) is 10.2 Å². The van der Waals surface area contributed by atoms with Gasteiger partial charge in [0.2, 0.25) is 5.76 Å². The van der Waals surface area contributed by atoms with Crippen molar-refractivity contribution in [1.29, 1.82) is 5.26 Å². The van der Waals surface area contributed by atoms with Gasteiger partial charge in [-0.05, 0) is 51.8 Å². The van der Waals surface area contributed by atoms with Gasteiger partial charge in [-0.3, -0.25) is 9.69 Å². The largest absolute Gasteiger partial charge is 0.476 e. The number of urea groups is 1. The minimum atomic E-state index is -0.663. The maximum absolute atomic E-state index is 12.6. The number of esters is 1. The minimum Gasteiger partial charge on any atom is -0.476 e. The van der Waals surface area contributed by atoms with Crippen molar-refractivity contribution >= 4 is 51.5 Å². The summed E-state index contributed by atoms with van der Waals surface area (Å²) in [6.07, 6.45) is 1.45. The summed E-state index contributed by atoms with van der Waals surface area (Å²) in [7, 11) is 1.21. The fraction of sp³-hybridized carbons (Fsp3) is 0.158. The molecule has 0 spiro atoms. The number of nitriles is 1. The number of hydrogen-bond donors (Lipinski definition) is 1. The summed E-state index contributed by atoms with van der Waals surface area (Å²) in [6.45, 7) is -0.336. The second-order valence-corrected chi connectivity index (χ2v) is 7.16. The normalized spacial score (nSPS) is 14.6. The lowest BCUT2D eigenvalue weighted by atomic mass is 10.2. The molecule has 1 aromatic carbocycles. The van der Waals surface area contributed by atoms with E-state index in [1.54, 1.807) is 6.07 Å². The van der Waals surface area contributed by atoms with Crippen LogP contribution in [0.5, 0.6) is 5.75 Å². The van der Waals surface area contributed by atoms with Crippen LogP contribution in [0.1, 0.15) is 21.9 Å². The van der Waals surface area contributed by atoms with E-state index in [2.05, 4.69) is 26.0 Å². The first kappa shape index (κ1) is 21.4. The second-order valence-electron chi connectivity index (χ2n) is 5.90. The van der Waals surface area contributed by atoms with Crippen LogP contribution < -0.4 is 10.1 Å². The molecule has 1 fully saturated rings. The van der Waals surface area contributed by atoms with Crippen LogP contribution in [0.2, 0.25) is 5.02 Å². The fourth-order valence-corrected chi connectivity index (χ4v) is 3.60. The number of imide groups is 1. The first-order chi connectivity index (χ1) is 14.3. The van der Waals surface area contributed by atoms with E-state index in [0.29, 0.717) is 15.8 Å². The van der Waals surface area contributed by atoms with Gasteiger partial charge in [-0.2, -0.15) is 5.26 Å². The molecule has 1 aliphatic heterocycles. The van der Waals surface area contributed by atoms with Gasteiger partial charge in [-0.15, -0.1) is 0 Å². The van der Waals surface area contributed by atoms with E-state index >= 15 is 0 Å². The van der Waals surface area contributed by atoms with E-state index < -0.39 is 17.9 Å². The SMILES string of the molecule is COC(=O)c1ccc(CN2C(=O)N/C(=C\c3cc(Cl)c(OCC#N)c(Br)c3)C2=O)o1. The van der Waals surface area contributed by atoms with Crippen molar-refractivity contribution in [3.8, 4) is 11.8 Å². The molecule has 1 aliphatic rings. The number of methoxy groups -OCH3 is 1. The molecule has 0 radical (unpaired) electrons. The Balaban J connectivity index is 1.79. The quantitative estimate of drug-likeness (QED) is 0.371. The Kier molecular flexibility index (Phi) is 6.44. The lowest BCUT2D eigenvalue weighted by Gasteiger charge is -2.09. The van der Waals surface area contributed by atoms with Crippen molar-refractivity contribution in [3.05, 3.63) is 56.5 Å². The zero-order chi connectivity index (χ0) is 21.8. The van der Waals surface area contributed by atoms with E-state index in [9.17, 15) is 14.4 Å². The number of nitrogens with zero attached hydrogens (tertiary/aromatic N) is 2. The van der Waals surface area contributed by atoms with Crippen molar-refractivity contribution in [2.24, 2.45) is 0 Å². The third-order valence-corrected chi connectivity index (χ3v) is 4.81. The van der Waals surface area contributed by atoms with Crippen LogP contribution in [0, 0.1) is 11.3 Å². The van der Waals surface area contributed by atoms with Gasteiger partial charge < -0.3 is 19.2 Å². The second kappa shape index (κ2) is 9.02. The molecule has 1 saturated heterocycles. The molecule has 154 valence electrons. The summed E-state index contributed by atoms with van der Waals surface area (Å²) in [5.74, 6) is -0.738. The average Bonchev–Trinajstić information content (AvgIpc) is 3.27. The Morgan fingerprint density at radius 2 is 2.17 bits per heavy atom. The Labute approximate surface area is 183 Å². The lowest BCUT2D eigenvalue weighted by molar-refractivity contribution is -0.123. The highest BCUT2D eigenvalue weighted by Gasteiger charge is 2.34. The Morgan fingerprint density at radius 3 is 2.83 bits per heavy atom. The molecule has 0 atom stereocenters. The molecule has 0 aliphatic carbocycles. The van der Waals surface area contributed by atoms with Crippen LogP contribution >= 0.6 is 27.5 Å². The van der Waals surface area contributed by atoms with E-state index in [4.69, 9.17) is 26.0 Å². The number of rotatable bonds is 6. The molecule has 3 rings (SSSR count). The highest BCUT2D eigenvalue weighted by Crippen LogP contribution is 2.35. The van der Waals surface area contributed by atoms with Crippen molar-refractivity contribution in [3.63, 3.8) is 0 Å². The number of ether oxygens (including phenoxy) is 2. The Hall–Kier alpha value is -3.29. The zero-order valence-electron chi connectivity index (χ0n) is 15.4. The molecule has 0 bridgehead atoms. The van der Waals surface area contributed by atoms with E-state index in [0.717, 1.165) is 4.90 Å². The Bertz CT molecular complexity index is 1080. The standard InChI is InChI=1S/C19H13BrClN3O6/c1-28-18(26)15-3-2-11(30-15)9-24-17(25)14(23-19(24)27)8-10-6-12(20)16(13(21)7-10)29-5-4-22/h2-3,6-8H,5,9H2,1H3,(H,23,27)/b14-8-. The average molecular weight is 495 g/mol. The number of benzene rings is 1. The van der Waals surface area contributed by atoms with Crippen LogP contribution in [-0.4, -0.2) is 36.5 Å². The van der Waals surface area contributed by atoms with Crippen LogP contribution in [0.25, 0.3) is 6.08 Å². The van der Waals surface area contributed by atoms with Gasteiger partial charge in [0.25, 0.3) is 5.91 Å². The number of amides is 3. The monoisotopic (exact) mass is 493 g/mol. The summed E-state index contributed by atoms with van der Waals surface area (Å²) >= 11 is 9.47. The molecule has 11 heteroatoms. The third kappa shape index (κ3) is 4.48. The number of furan rings is 1. The molecule has 0 unspecified atom stereocenters. The number of halogens is 2. The zero-order valence-corrected chi connectivity index (χ0v) is 17.7. The lowest BCUT2D eigenvalue weighted by Crippen LogP contribution is -2.30. The third-order valence-electron chi connectivity index (χ3n) is 3.94. The Morgan fingerprint density at radius 1 is 1.40 bits per heavy atom. The number of nitrogens with one attached hydrogen (secondary N) is 1. The first-order valence-electron chi connectivity index (χ1n) is 8.34. The van der Waals surface area contributed by atoms with Crippen molar-refractivity contribution in [2.45, 2.75) is 6.54 Å². The molecular formula is C19H13BrClN3O6. The molecular weight excluding hydrogens is 482 g/mol. The fourth-order valence-electron chi connectivity index (χ4n) is 2.62. The summed E-state index contributed by atoms with van der Waals surface area (Å²) < 4.78 is 15.6. The molecule has 1 N–H and O–H groups in total. The van der Waals surface area contributed by atoms with Crippen molar-refractivity contribution in [2.75, 3.05) is 13.7 Å². The van der Waals surface area contributed by atoms with Gasteiger partial charge in [0.1, 0.15) is 17.5 Å². The molecule has 30 heavy (non-hydrogen) atoms. The molecule has 9 nitrogen and oxygen atoms in total. The van der Waals surface area contributed by atoms with E-state index in [-0.39, 0.29) is 35.4 Å². The molecule has 0 saturated carbocycles. The van der Waals surface area contributed by atoms with E-state index in [1.165, 1.54) is 31.4 Å². The highest BCUT2D eigenvalue weighted by molar-refractivity contribution is 9.10. The highest BCUT2D eigenvalue weighted by atomic mass is 79.9. The number of carbonyl (C=O) groups excluding carboxylic acids is 3. The molecule has 1 aromatic heterocycles. The van der Waals surface area contributed by atoms with Gasteiger partial charge >= 0.3 is 12.0 Å². The smallest absolute Gasteiger partial charge is 0.373 e. The van der Waals surface area contributed by atoms with E-state index in [1.807, 2.05) is 6.07 Å². The topological polar surface area (TPSA) is 122 Å². The minimum absolute atomic E-state index is 0.0338. The molecule has 3 amide bonds. The maximum Gasteiger partial charge on any atom is 0.373 e. The van der Waals surface area contributed by atoms with Crippen LogP contribution in [0.3, 0.4) is 0 Å². The predicted molar refractivity (Wildman–Crippen MR) is 107 cm³/mol. The first-order valence-corrected chi connectivity index (χ1v) is 9.51. The molecule has 2 aromatic rings.